The van der Waals surface area contributed by atoms with Crippen LogP contribution in [0.5, 0.6) is 5.75 Å². The molecule has 1 aromatic heterocycles. The second-order valence-corrected chi connectivity index (χ2v) is 7.24. The van der Waals surface area contributed by atoms with Gasteiger partial charge in [0.1, 0.15) is 5.75 Å². The van der Waals surface area contributed by atoms with Crippen LogP contribution in [0.3, 0.4) is 0 Å². The normalized spacial score (nSPS) is 18.5. The van der Waals surface area contributed by atoms with Crippen molar-refractivity contribution in [2.45, 2.75) is 44.6 Å². The molecule has 1 atom stereocenters. The summed E-state index contributed by atoms with van der Waals surface area (Å²) in [6.07, 6.45) is 7.48. The van der Waals surface area contributed by atoms with Gasteiger partial charge in [0.05, 0.1) is 12.6 Å². The maximum Gasteiger partial charge on any atom is 0.127 e. The second-order valence-electron chi connectivity index (χ2n) is 6.07. The first-order valence-corrected chi connectivity index (χ1v) is 8.76. The van der Waals surface area contributed by atoms with Crippen molar-refractivity contribution < 1.29 is 4.74 Å². The standard InChI is InChI=1S/C18H21NOS/c19-17(14-7-4-6-12-9-10-20-18(12)14)16-11-13-5-2-1-3-8-15(13)21-16/h4,6-7,11,17H,1-3,5,8-10,19H2. The summed E-state index contributed by atoms with van der Waals surface area (Å²) in [5.41, 5.74) is 10.6. The minimum atomic E-state index is -0.0463. The highest BCUT2D eigenvalue weighted by Gasteiger charge is 2.23. The van der Waals surface area contributed by atoms with Crippen molar-refractivity contribution in [2.24, 2.45) is 5.73 Å². The molecule has 21 heavy (non-hydrogen) atoms. The predicted molar refractivity (Wildman–Crippen MR) is 87.2 cm³/mol. The molecule has 4 rings (SSSR count). The van der Waals surface area contributed by atoms with Crippen LogP contribution < -0.4 is 10.5 Å². The fourth-order valence-electron chi connectivity index (χ4n) is 3.48. The Morgan fingerprint density at radius 1 is 1.05 bits per heavy atom. The van der Waals surface area contributed by atoms with E-state index in [4.69, 9.17) is 10.5 Å². The zero-order valence-electron chi connectivity index (χ0n) is 12.2. The molecule has 2 aliphatic rings. The molecule has 0 bridgehead atoms. The molecule has 2 aromatic rings. The first-order valence-electron chi connectivity index (χ1n) is 7.94. The molecule has 1 aliphatic heterocycles. The van der Waals surface area contributed by atoms with Gasteiger partial charge in [0, 0.05) is 21.7 Å². The van der Waals surface area contributed by atoms with Crippen molar-refractivity contribution in [1.82, 2.24) is 0 Å². The Morgan fingerprint density at radius 2 is 1.95 bits per heavy atom. The van der Waals surface area contributed by atoms with E-state index in [0.29, 0.717) is 0 Å². The number of para-hydroxylation sites is 1. The number of hydrogen-bond acceptors (Lipinski definition) is 3. The highest BCUT2D eigenvalue weighted by Crippen LogP contribution is 2.39. The lowest BCUT2D eigenvalue weighted by Crippen LogP contribution is -2.11. The summed E-state index contributed by atoms with van der Waals surface area (Å²) in [4.78, 5) is 2.86. The fraction of sp³-hybridized carbons (Fsp3) is 0.444. The van der Waals surface area contributed by atoms with Crippen molar-refractivity contribution >= 4 is 11.3 Å². The monoisotopic (exact) mass is 299 g/mol. The Bertz CT molecular complexity index is 638. The van der Waals surface area contributed by atoms with E-state index in [0.717, 1.165) is 24.3 Å². The van der Waals surface area contributed by atoms with Gasteiger partial charge in [-0.25, -0.2) is 0 Å². The molecule has 0 spiro atoms. The minimum Gasteiger partial charge on any atom is -0.493 e. The van der Waals surface area contributed by atoms with Crippen molar-refractivity contribution in [3.8, 4) is 5.75 Å². The number of hydrogen-bond donors (Lipinski definition) is 1. The summed E-state index contributed by atoms with van der Waals surface area (Å²) < 4.78 is 5.82. The maximum absolute atomic E-state index is 6.57. The maximum atomic E-state index is 6.57. The largest absolute Gasteiger partial charge is 0.493 e. The van der Waals surface area contributed by atoms with Gasteiger partial charge in [-0.1, -0.05) is 24.6 Å². The molecule has 2 heterocycles. The molecule has 0 saturated heterocycles. The van der Waals surface area contributed by atoms with Crippen LogP contribution >= 0.6 is 11.3 Å². The molecule has 1 unspecified atom stereocenters. The number of thiophene rings is 1. The molecule has 1 aliphatic carbocycles. The Morgan fingerprint density at radius 3 is 2.90 bits per heavy atom. The first kappa shape index (κ1) is 13.4. The van der Waals surface area contributed by atoms with Crippen LogP contribution in [-0.4, -0.2) is 6.61 Å². The average Bonchev–Trinajstić information content (AvgIpc) is 3.08. The lowest BCUT2D eigenvalue weighted by atomic mass is 10.0. The van der Waals surface area contributed by atoms with Gasteiger partial charge in [0.25, 0.3) is 0 Å². The second kappa shape index (κ2) is 5.47. The molecular formula is C18H21NOS. The molecule has 0 radical (unpaired) electrons. The highest BCUT2D eigenvalue weighted by atomic mass is 32.1. The molecule has 0 amide bonds. The van der Waals surface area contributed by atoms with Crippen LogP contribution in [0.2, 0.25) is 0 Å². The van der Waals surface area contributed by atoms with Crippen molar-refractivity contribution in [1.29, 1.82) is 0 Å². The van der Waals surface area contributed by atoms with E-state index < -0.39 is 0 Å². The van der Waals surface area contributed by atoms with E-state index in [-0.39, 0.29) is 6.04 Å². The minimum absolute atomic E-state index is 0.0463. The van der Waals surface area contributed by atoms with Gasteiger partial charge in [-0.05, 0) is 42.9 Å². The molecule has 110 valence electrons. The number of rotatable bonds is 2. The van der Waals surface area contributed by atoms with Gasteiger partial charge in [-0.2, -0.15) is 0 Å². The Balaban J connectivity index is 1.69. The molecule has 0 saturated carbocycles. The summed E-state index contributed by atoms with van der Waals surface area (Å²) in [5.74, 6) is 1.04. The van der Waals surface area contributed by atoms with E-state index in [1.165, 1.54) is 48.1 Å². The SMILES string of the molecule is NC(c1cc2c(s1)CCCCC2)c1cccc2c1OCC2. The topological polar surface area (TPSA) is 35.2 Å². The lowest BCUT2D eigenvalue weighted by molar-refractivity contribution is 0.352. The van der Waals surface area contributed by atoms with Crippen LogP contribution in [0.25, 0.3) is 0 Å². The van der Waals surface area contributed by atoms with E-state index in [1.807, 2.05) is 11.3 Å². The average molecular weight is 299 g/mol. The lowest BCUT2D eigenvalue weighted by Gasteiger charge is -2.14. The predicted octanol–water partition coefficient (Wildman–Crippen LogP) is 4.00. The van der Waals surface area contributed by atoms with E-state index >= 15 is 0 Å². The molecule has 1 aromatic carbocycles. The number of benzene rings is 1. The van der Waals surface area contributed by atoms with Crippen molar-refractivity contribution in [3.05, 3.63) is 50.7 Å². The van der Waals surface area contributed by atoms with Gasteiger partial charge in [-0.3, -0.25) is 0 Å². The summed E-state index contributed by atoms with van der Waals surface area (Å²) in [7, 11) is 0. The zero-order chi connectivity index (χ0) is 14.2. The number of ether oxygens (including phenoxy) is 1. The number of fused-ring (bicyclic) bond motifs is 2. The van der Waals surface area contributed by atoms with Gasteiger partial charge in [-0.15, -0.1) is 11.3 Å². The first-order chi connectivity index (χ1) is 10.3. The summed E-state index contributed by atoms with van der Waals surface area (Å²) in [5, 5.41) is 0. The molecular weight excluding hydrogens is 278 g/mol. The van der Waals surface area contributed by atoms with Gasteiger partial charge in [0.2, 0.25) is 0 Å². The third-order valence-corrected chi connectivity index (χ3v) is 5.97. The quantitative estimate of drug-likeness (QED) is 0.851. The van der Waals surface area contributed by atoms with E-state index in [1.54, 1.807) is 4.88 Å². The van der Waals surface area contributed by atoms with Gasteiger partial charge in [0.15, 0.2) is 0 Å². The summed E-state index contributed by atoms with van der Waals surface area (Å²) in [6.45, 7) is 0.792. The fourth-order valence-corrected chi connectivity index (χ4v) is 4.76. The van der Waals surface area contributed by atoms with Gasteiger partial charge < -0.3 is 10.5 Å². The van der Waals surface area contributed by atoms with E-state index in [9.17, 15) is 0 Å². The van der Waals surface area contributed by atoms with Crippen LogP contribution in [-0.2, 0) is 19.3 Å². The third kappa shape index (κ3) is 2.39. The summed E-state index contributed by atoms with van der Waals surface area (Å²) >= 11 is 1.92. The molecule has 0 fully saturated rings. The van der Waals surface area contributed by atoms with Crippen molar-refractivity contribution in [2.75, 3.05) is 6.61 Å². The Labute approximate surface area is 129 Å². The van der Waals surface area contributed by atoms with Crippen LogP contribution in [0.4, 0.5) is 0 Å². The number of nitrogens with two attached hydrogens (primary N) is 1. The zero-order valence-corrected chi connectivity index (χ0v) is 13.0. The Kier molecular flexibility index (Phi) is 3.48. The molecule has 3 heteroatoms. The van der Waals surface area contributed by atoms with Crippen LogP contribution in [0.15, 0.2) is 24.3 Å². The smallest absolute Gasteiger partial charge is 0.127 e. The Hall–Kier alpha value is -1.32. The molecule has 2 N–H and O–H groups in total. The van der Waals surface area contributed by atoms with Crippen molar-refractivity contribution in [3.63, 3.8) is 0 Å². The number of aryl methyl sites for hydroxylation is 2. The van der Waals surface area contributed by atoms with E-state index in [2.05, 4.69) is 24.3 Å². The van der Waals surface area contributed by atoms with Crippen LogP contribution in [0, 0.1) is 0 Å². The summed E-state index contributed by atoms with van der Waals surface area (Å²) in [6, 6.07) is 8.70. The molecule has 2 nitrogen and oxygen atoms in total. The third-order valence-electron chi connectivity index (χ3n) is 4.65. The van der Waals surface area contributed by atoms with Gasteiger partial charge >= 0.3 is 0 Å². The highest BCUT2D eigenvalue weighted by molar-refractivity contribution is 7.12. The van der Waals surface area contributed by atoms with Crippen LogP contribution in [0.1, 0.15) is 51.7 Å².